The molecule has 16 heavy (non-hydrogen) atoms. The predicted octanol–water partition coefficient (Wildman–Crippen LogP) is 1.97. The molecule has 0 bridgehead atoms. The summed E-state index contributed by atoms with van der Waals surface area (Å²) < 4.78 is 11.2. The number of benzene rings is 1. The summed E-state index contributed by atoms with van der Waals surface area (Å²) in [5.41, 5.74) is 0.333. The van der Waals surface area contributed by atoms with Crippen LogP contribution < -0.4 is 9.47 Å². The number of hydrogen-bond donors (Lipinski definition) is 1. The first-order valence-corrected chi connectivity index (χ1v) is 5.75. The third kappa shape index (κ3) is 1.28. The Balaban J connectivity index is 2.25. The molecule has 0 spiro atoms. The van der Waals surface area contributed by atoms with Crippen LogP contribution in [0.3, 0.4) is 0 Å². The van der Waals surface area contributed by atoms with Gasteiger partial charge in [-0.3, -0.25) is 4.79 Å². The molecule has 4 nitrogen and oxygen atoms in total. The smallest absolute Gasteiger partial charge is 0.231 e. The summed E-state index contributed by atoms with van der Waals surface area (Å²) in [4.78, 5) is 10.9. The zero-order valence-electron chi connectivity index (χ0n) is 8.33. The van der Waals surface area contributed by atoms with Crippen molar-refractivity contribution in [1.82, 2.24) is 0 Å². The van der Waals surface area contributed by atoms with Crippen molar-refractivity contribution < 1.29 is 19.4 Å². The normalized spacial score (nSPS) is 19.6. The van der Waals surface area contributed by atoms with Gasteiger partial charge < -0.3 is 14.6 Å². The molecular formula is C11H9BrO4. The van der Waals surface area contributed by atoms with Crippen molar-refractivity contribution in [1.29, 1.82) is 0 Å². The molecule has 0 atom stereocenters. The van der Waals surface area contributed by atoms with Crippen molar-refractivity contribution in [2.45, 2.75) is 18.4 Å². The third-order valence-electron chi connectivity index (χ3n) is 2.97. The molecule has 0 saturated heterocycles. The highest BCUT2D eigenvalue weighted by molar-refractivity contribution is 9.10. The molecule has 0 aromatic heterocycles. The van der Waals surface area contributed by atoms with E-state index in [0.717, 1.165) is 19.1 Å². The number of aliphatic hydroxyl groups is 1. The van der Waals surface area contributed by atoms with Crippen LogP contribution >= 0.6 is 15.9 Å². The van der Waals surface area contributed by atoms with Crippen LogP contribution in [-0.4, -0.2) is 18.2 Å². The second-order valence-electron chi connectivity index (χ2n) is 4.03. The number of hydrogen-bond acceptors (Lipinski definition) is 4. The molecule has 1 aromatic carbocycles. The first kappa shape index (κ1) is 10.1. The molecule has 3 rings (SSSR count). The molecule has 1 aliphatic carbocycles. The molecule has 0 amide bonds. The van der Waals surface area contributed by atoms with Crippen molar-refractivity contribution in [3.05, 3.63) is 21.7 Å². The number of aldehydes is 1. The van der Waals surface area contributed by atoms with Gasteiger partial charge in [0, 0.05) is 10.0 Å². The zero-order valence-corrected chi connectivity index (χ0v) is 9.91. The molecule has 0 radical (unpaired) electrons. The number of fused-ring (bicyclic) bond motifs is 1. The molecular weight excluding hydrogens is 276 g/mol. The molecule has 84 valence electrons. The summed E-state index contributed by atoms with van der Waals surface area (Å²) in [6, 6.07) is 1.74. The van der Waals surface area contributed by atoms with Crippen molar-refractivity contribution in [2.75, 3.05) is 6.79 Å². The standard InChI is InChI=1S/C11H9BrO4/c12-8-3-7(11(14)1-2-11)10-9(6(8)4-13)15-5-16-10/h3-4,14H,1-2,5H2. The van der Waals surface area contributed by atoms with E-state index in [0.29, 0.717) is 27.1 Å². The minimum atomic E-state index is -0.804. The molecule has 5 heteroatoms. The van der Waals surface area contributed by atoms with E-state index >= 15 is 0 Å². The molecule has 1 N–H and O–H groups in total. The Kier molecular flexibility index (Phi) is 2.03. The average Bonchev–Trinajstić information content (AvgIpc) is 2.83. The Hall–Kier alpha value is -1.07. The van der Waals surface area contributed by atoms with Crippen LogP contribution in [0, 0.1) is 0 Å². The molecule has 1 aliphatic heterocycles. The molecule has 2 aliphatic rings. The fraction of sp³-hybridized carbons (Fsp3) is 0.364. The molecule has 1 heterocycles. The molecule has 1 aromatic rings. The minimum Gasteiger partial charge on any atom is -0.453 e. The van der Waals surface area contributed by atoms with E-state index in [-0.39, 0.29) is 6.79 Å². The lowest BCUT2D eigenvalue weighted by Crippen LogP contribution is -2.06. The van der Waals surface area contributed by atoms with Crippen molar-refractivity contribution in [3.63, 3.8) is 0 Å². The Bertz CT molecular complexity index is 479. The maximum Gasteiger partial charge on any atom is 0.231 e. The monoisotopic (exact) mass is 284 g/mol. The van der Waals surface area contributed by atoms with Crippen LogP contribution in [0.15, 0.2) is 10.5 Å². The van der Waals surface area contributed by atoms with Crippen molar-refractivity contribution >= 4 is 22.2 Å². The zero-order chi connectivity index (χ0) is 11.3. The molecule has 1 fully saturated rings. The first-order chi connectivity index (χ1) is 7.65. The van der Waals surface area contributed by atoms with Crippen molar-refractivity contribution in [3.8, 4) is 11.5 Å². The van der Waals surface area contributed by atoms with Gasteiger partial charge >= 0.3 is 0 Å². The van der Waals surface area contributed by atoms with Gasteiger partial charge in [0.05, 0.1) is 11.2 Å². The van der Waals surface area contributed by atoms with Gasteiger partial charge in [0.25, 0.3) is 0 Å². The second kappa shape index (κ2) is 3.21. The lowest BCUT2D eigenvalue weighted by atomic mass is 10.0. The van der Waals surface area contributed by atoms with Gasteiger partial charge in [-0.25, -0.2) is 0 Å². The second-order valence-corrected chi connectivity index (χ2v) is 4.89. The van der Waals surface area contributed by atoms with Gasteiger partial charge in [-0.1, -0.05) is 0 Å². The van der Waals surface area contributed by atoms with Crippen LogP contribution in [0.25, 0.3) is 0 Å². The lowest BCUT2D eigenvalue weighted by Gasteiger charge is -2.13. The van der Waals surface area contributed by atoms with E-state index in [1.807, 2.05) is 0 Å². The third-order valence-corrected chi connectivity index (χ3v) is 3.63. The number of carbonyl (C=O) groups is 1. The van der Waals surface area contributed by atoms with Gasteiger partial charge in [-0.2, -0.15) is 0 Å². The van der Waals surface area contributed by atoms with Crippen LogP contribution in [0.1, 0.15) is 28.8 Å². The number of rotatable bonds is 2. The average molecular weight is 285 g/mol. The summed E-state index contributed by atoms with van der Waals surface area (Å²) in [5, 5.41) is 10.1. The minimum absolute atomic E-state index is 0.0930. The van der Waals surface area contributed by atoms with Gasteiger partial charge in [0.1, 0.15) is 0 Å². The highest BCUT2D eigenvalue weighted by Gasteiger charge is 2.46. The maximum atomic E-state index is 10.9. The van der Waals surface area contributed by atoms with Crippen molar-refractivity contribution in [2.24, 2.45) is 0 Å². The van der Waals surface area contributed by atoms with Gasteiger partial charge in [-0.05, 0) is 34.8 Å². The summed E-state index contributed by atoms with van der Waals surface area (Å²) in [5.74, 6) is 0.935. The largest absolute Gasteiger partial charge is 0.453 e. The SMILES string of the molecule is O=Cc1c(Br)cc(C2(O)CC2)c2c1OCO2. The first-order valence-electron chi connectivity index (χ1n) is 4.96. The van der Waals surface area contributed by atoms with E-state index in [1.165, 1.54) is 0 Å². The topological polar surface area (TPSA) is 55.8 Å². The summed E-state index contributed by atoms with van der Waals surface area (Å²) >= 11 is 3.30. The summed E-state index contributed by atoms with van der Waals surface area (Å²) in [7, 11) is 0. The highest BCUT2D eigenvalue weighted by atomic mass is 79.9. The van der Waals surface area contributed by atoms with Gasteiger partial charge in [-0.15, -0.1) is 0 Å². The summed E-state index contributed by atoms with van der Waals surface area (Å²) in [6.45, 7) is 0.0930. The van der Waals surface area contributed by atoms with Gasteiger partial charge in [0.2, 0.25) is 6.79 Å². The Morgan fingerprint density at radius 3 is 2.69 bits per heavy atom. The van der Waals surface area contributed by atoms with E-state index in [4.69, 9.17) is 9.47 Å². The number of halogens is 1. The predicted molar refractivity (Wildman–Crippen MR) is 58.8 cm³/mol. The number of carbonyl (C=O) groups excluding carboxylic acids is 1. The van der Waals surface area contributed by atoms with E-state index in [9.17, 15) is 9.90 Å². The Morgan fingerprint density at radius 1 is 1.38 bits per heavy atom. The van der Waals surface area contributed by atoms with Crippen LogP contribution in [0.5, 0.6) is 11.5 Å². The molecule has 1 saturated carbocycles. The summed E-state index contributed by atoms with van der Waals surface area (Å²) in [6.07, 6.45) is 2.16. The fourth-order valence-corrected chi connectivity index (χ4v) is 2.40. The van der Waals surface area contributed by atoms with E-state index in [1.54, 1.807) is 6.07 Å². The van der Waals surface area contributed by atoms with Crippen LogP contribution in [0.2, 0.25) is 0 Å². The molecule has 0 unspecified atom stereocenters. The number of ether oxygens (including phenoxy) is 2. The quantitative estimate of drug-likeness (QED) is 0.844. The fourth-order valence-electron chi connectivity index (χ4n) is 1.90. The van der Waals surface area contributed by atoms with E-state index < -0.39 is 5.60 Å². The maximum absolute atomic E-state index is 10.9. The van der Waals surface area contributed by atoms with Crippen LogP contribution in [0.4, 0.5) is 0 Å². The Morgan fingerprint density at radius 2 is 2.06 bits per heavy atom. The lowest BCUT2D eigenvalue weighted by molar-refractivity contribution is 0.111. The van der Waals surface area contributed by atoms with Crippen LogP contribution in [-0.2, 0) is 5.60 Å². The van der Waals surface area contributed by atoms with E-state index in [2.05, 4.69) is 15.9 Å². The van der Waals surface area contributed by atoms with Gasteiger partial charge in [0.15, 0.2) is 17.8 Å². The highest BCUT2D eigenvalue weighted by Crippen LogP contribution is 2.54. The Labute approximate surface area is 100 Å².